The number of methoxy groups -OCH3 is 1. The molecule has 0 unspecified atom stereocenters. The van der Waals surface area contributed by atoms with Crippen LogP contribution in [0, 0.1) is 6.92 Å². The van der Waals surface area contributed by atoms with Crippen molar-refractivity contribution in [3.8, 4) is 0 Å². The Bertz CT molecular complexity index is 750. The molecule has 0 spiro atoms. The van der Waals surface area contributed by atoms with Crippen molar-refractivity contribution < 1.29 is 14.3 Å². The average Bonchev–Trinajstić information content (AvgIpc) is 2.87. The Labute approximate surface area is 151 Å². The number of amides is 1. The van der Waals surface area contributed by atoms with Crippen LogP contribution >= 0.6 is 46.3 Å². The predicted octanol–water partition coefficient (Wildman–Crippen LogP) is 4.28. The first-order chi connectivity index (χ1) is 10.9. The van der Waals surface area contributed by atoms with Crippen LogP contribution in [0.3, 0.4) is 0 Å². The second kappa shape index (κ2) is 8.01. The molecule has 0 saturated heterocycles. The van der Waals surface area contributed by atoms with E-state index in [-0.39, 0.29) is 11.7 Å². The van der Waals surface area contributed by atoms with Gasteiger partial charge in [0.2, 0.25) is 5.91 Å². The predicted molar refractivity (Wildman–Crippen MR) is 94.0 cm³/mol. The molecule has 2 rings (SSSR count). The first kappa shape index (κ1) is 18.1. The van der Waals surface area contributed by atoms with Crippen molar-refractivity contribution in [1.29, 1.82) is 0 Å². The molecule has 0 atom stereocenters. The van der Waals surface area contributed by atoms with Gasteiger partial charge in [0, 0.05) is 9.92 Å². The van der Waals surface area contributed by atoms with E-state index in [9.17, 15) is 9.59 Å². The zero-order chi connectivity index (χ0) is 17.0. The largest absolute Gasteiger partial charge is 0.465 e. The molecule has 1 N–H and O–H groups in total. The molecule has 1 heterocycles. The van der Waals surface area contributed by atoms with E-state index in [1.807, 2.05) is 0 Å². The van der Waals surface area contributed by atoms with Crippen molar-refractivity contribution in [2.75, 3.05) is 18.2 Å². The molecule has 1 amide bonds. The highest BCUT2D eigenvalue weighted by Crippen LogP contribution is 2.30. The zero-order valence-electron chi connectivity index (χ0n) is 12.2. The number of esters is 1. The third-order valence-corrected chi connectivity index (χ3v) is 5.45. The normalized spacial score (nSPS) is 10.4. The number of ether oxygens (including phenoxy) is 1. The summed E-state index contributed by atoms with van der Waals surface area (Å²) in [7, 11) is 1.30. The molecular formula is C14H12Cl2N2O3S2. The summed E-state index contributed by atoms with van der Waals surface area (Å²) >= 11 is 14.3. The number of hydrogen-bond donors (Lipinski definition) is 1. The van der Waals surface area contributed by atoms with Gasteiger partial charge in [0.15, 0.2) is 5.13 Å². The van der Waals surface area contributed by atoms with Crippen LogP contribution in [0.4, 0.5) is 5.13 Å². The Morgan fingerprint density at radius 3 is 2.83 bits per heavy atom. The van der Waals surface area contributed by atoms with Gasteiger partial charge < -0.3 is 10.1 Å². The number of rotatable bonds is 5. The minimum atomic E-state index is -0.472. The molecule has 0 aliphatic carbocycles. The summed E-state index contributed by atoms with van der Waals surface area (Å²) < 4.78 is 4.65. The Morgan fingerprint density at radius 1 is 1.39 bits per heavy atom. The third-order valence-electron chi connectivity index (χ3n) is 2.67. The zero-order valence-corrected chi connectivity index (χ0v) is 15.3. The molecule has 0 aliphatic rings. The molecule has 122 valence electrons. The van der Waals surface area contributed by atoms with Gasteiger partial charge in [-0.3, -0.25) is 4.79 Å². The summed E-state index contributed by atoms with van der Waals surface area (Å²) in [5.41, 5.74) is 0.516. The van der Waals surface area contributed by atoms with Gasteiger partial charge in [0.1, 0.15) is 4.88 Å². The van der Waals surface area contributed by atoms with E-state index in [2.05, 4.69) is 15.0 Å². The second-order valence-electron chi connectivity index (χ2n) is 4.34. The third kappa shape index (κ3) is 4.84. The van der Waals surface area contributed by atoms with Crippen LogP contribution in [-0.2, 0) is 9.53 Å². The lowest BCUT2D eigenvalue weighted by atomic mass is 10.4. The molecule has 9 heteroatoms. The van der Waals surface area contributed by atoms with Crippen LogP contribution in [-0.4, -0.2) is 29.7 Å². The fourth-order valence-corrected chi connectivity index (χ4v) is 3.81. The number of anilines is 1. The lowest BCUT2D eigenvalue weighted by molar-refractivity contribution is -0.113. The molecule has 0 aliphatic heterocycles. The van der Waals surface area contributed by atoms with E-state index in [4.69, 9.17) is 23.2 Å². The molecule has 0 bridgehead atoms. The Kier molecular flexibility index (Phi) is 6.29. The Balaban J connectivity index is 1.97. The van der Waals surface area contributed by atoms with Crippen molar-refractivity contribution in [3.05, 3.63) is 38.8 Å². The average molecular weight is 391 g/mol. The minimum absolute atomic E-state index is 0.145. The molecule has 5 nitrogen and oxygen atoms in total. The topological polar surface area (TPSA) is 68.3 Å². The van der Waals surface area contributed by atoms with Crippen LogP contribution in [0.25, 0.3) is 0 Å². The molecule has 0 radical (unpaired) electrons. The monoisotopic (exact) mass is 390 g/mol. The van der Waals surface area contributed by atoms with Crippen LogP contribution in [0.2, 0.25) is 10.0 Å². The molecule has 1 aromatic heterocycles. The maximum atomic E-state index is 12.0. The van der Waals surface area contributed by atoms with E-state index in [0.29, 0.717) is 25.7 Å². The number of nitrogens with one attached hydrogen (secondary N) is 1. The number of thiazole rings is 1. The summed E-state index contributed by atoms with van der Waals surface area (Å²) in [5.74, 6) is -0.580. The van der Waals surface area contributed by atoms with Gasteiger partial charge in [-0.1, -0.05) is 34.5 Å². The molecule has 1 aromatic carbocycles. The van der Waals surface area contributed by atoms with Gasteiger partial charge in [-0.05, 0) is 25.1 Å². The molecule has 23 heavy (non-hydrogen) atoms. The molecule has 2 aromatic rings. The summed E-state index contributed by atoms with van der Waals surface area (Å²) in [5, 5.41) is 4.09. The lowest BCUT2D eigenvalue weighted by Crippen LogP contribution is -2.13. The van der Waals surface area contributed by atoms with Crippen molar-refractivity contribution in [3.63, 3.8) is 0 Å². The fraction of sp³-hybridized carbons (Fsp3) is 0.214. The number of carbonyl (C=O) groups excluding carboxylic acids is 2. The van der Waals surface area contributed by atoms with E-state index in [1.165, 1.54) is 18.9 Å². The maximum absolute atomic E-state index is 12.0. The molecule has 0 fully saturated rings. The number of halogens is 2. The Hall–Kier alpha value is -1.28. The van der Waals surface area contributed by atoms with Gasteiger partial charge in [0.25, 0.3) is 0 Å². The van der Waals surface area contributed by atoms with Crippen molar-refractivity contribution >= 4 is 63.3 Å². The minimum Gasteiger partial charge on any atom is -0.465 e. The number of aryl methyl sites for hydroxylation is 1. The summed E-state index contributed by atoms with van der Waals surface area (Å²) in [6.07, 6.45) is 0. The number of hydrogen-bond acceptors (Lipinski definition) is 6. The van der Waals surface area contributed by atoms with E-state index in [1.54, 1.807) is 25.1 Å². The van der Waals surface area contributed by atoms with Gasteiger partial charge in [-0.2, -0.15) is 0 Å². The van der Waals surface area contributed by atoms with Gasteiger partial charge in [-0.15, -0.1) is 11.8 Å². The van der Waals surface area contributed by atoms with E-state index < -0.39 is 5.97 Å². The number of nitrogens with zero attached hydrogens (tertiary/aromatic N) is 1. The van der Waals surface area contributed by atoms with Crippen LogP contribution in [0.5, 0.6) is 0 Å². The number of aromatic nitrogens is 1. The van der Waals surface area contributed by atoms with Gasteiger partial charge in [-0.25, -0.2) is 9.78 Å². The fourth-order valence-electron chi connectivity index (χ4n) is 1.62. The first-order valence-corrected chi connectivity index (χ1v) is 8.90. The highest BCUT2D eigenvalue weighted by Gasteiger charge is 2.17. The highest BCUT2D eigenvalue weighted by atomic mass is 35.5. The number of thioether (sulfide) groups is 1. The van der Waals surface area contributed by atoms with E-state index in [0.717, 1.165) is 16.2 Å². The number of carbonyl (C=O) groups is 2. The van der Waals surface area contributed by atoms with Crippen molar-refractivity contribution in [1.82, 2.24) is 4.98 Å². The summed E-state index contributed by atoms with van der Waals surface area (Å²) in [6, 6.07) is 5.06. The van der Waals surface area contributed by atoms with Gasteiger partial charge >= 0.3 is 5.97 Å². The van der Waals surface area contributed by atoms with Crippen LogP contribution < -0.4 is 5.32 Å². The van der Waals surface area contributed by atoms with Gasteiger partial charge in [0.05, 0.1) is 23.6 Å². The second-order valence-corrected chi connectivity index (χ2v) is 7.20. The maximum Gasteiger partial charge on any atom is 0.350 e. The number of benzene rings is 1. The SMILES string of the molecule is COC(=O)c1sc(NC(=O)CSc2cc(Cl)ccc2Cl)nc1C. The quantitative estimate of drug-likeness (QED) is 0.609. The van der Waals surface area contributed by atoms with E-state index >= 15 is 0 Å². The molecule has 0 saturated carbocycles. The van der Waals surface area contributed by atoms with Crippen LogP contribution in [0.1, 0.15) is 15.4 Å². The lowest BCUT2D eigenvalue weighted by Gasteiger charge is -2.04. The summed E-state index contributed by atoms with van der Waals surface area (Å²) in [6.45, 7) is 1.68. The Morgan fingerprint density at radius 2 is 2.13 bits per heavy atom. The first-order valence-electron chi connectivity index (χ1n) is 6.34. The van der Waals surface area contributed by atoms with Crippen molar-refractivity contribution in [2.24, 2.45) is 0 Å². The molecular weight excluding hydrogens is 379 g/mol. The highest BCUT2D eigenvalue weighted by molar-refractivity contribution is 8.00. The smallest absolute Gasteiger partial charge is 0.350 e. The standard InChI is InChI=1S/C14H12Cl2N2O3S2/c1-7-12(13(20)21-2)23-14(17-7)18-11(19)6-22-10-5-8(15)3-4-9(10)16/h3-5H,6H2,1-2H3,(H,17,18,19). The van der Waals surface area contributed by atoms with Crippen LogP contribution in [0.15, 0.2) is 23.1 Å². The summed E-state index contributed by atoms with van der Waals surface area (Å²) in [4.78, 5) is 28.7. The van der Waals surface area contributed by atoms with Crippen molar-refractivity contribution in [2.45, 2.75) is 11.8 Å².